The highest BCUT2D eigenvalue weighted by Gasteiger charge is 2.23. The Bertz CT molecular complexity index is 204. The molecule has 0 aromatic heterocycles. The maximum atomic E-state index is 10.5. The molecule has 74 valence electrons. The van der Waals surface area contributed by atoms with Crippen LogP contribution in [0.5, 0.6) is 0 Å². The Morgan fingerprint density at radius 1 is 1.54 bits per heavy atom. The molecule has 1 atom stereocenters. The topological polar surface area (TPSA) is 78.6 Å². The highest BCUT2D eigenvalue weighted by atomic mass is 16.8. The fourth-order valence-electron chi connectivity index (χ4n) is 1.18. The van der Waals surface area contributed by atoms with Gasteiger partial charge in [-0.1, -0.05) is 0 Å². The van der Waals surface area contributed by atoms with Gasteiger partial charge < -0.3 is 15.2 Å². The number of unbranched alkanes of at least 4 members (excludes halogenated alkanes) is 1. The summed E-state index contributed by atoms with van der Waals surface area (Å²) in [7, 11) is 0. The van der Waals surface area contributed by atoms with Crippen molar-refractivity contribution in [1.29, 1.82) is 0 Å². The van der Waals surface area contributed by atoms with Gasteiger partial charge in [0.2, 0.25) is 5.91 Å². The summed E-state index contributed by atoms with van der Waals surface area (Å²) in [5.41, 5.74) is 4.96. The van der Waals surface area contributed by atoms with Crippen molar-refractivity contribution in [3.8, 4) is 0 Å². The van der Waals surface area contributed by atoms with Gasteiger partial charge in [0.1, 0.15) is 12.7 Å². The van der Waals surface area contributed by atoms with Crippen LogP contribution < -0.4 is 5.73 Å². The van der Waals surface area contributed by atoms with E-state index in [4.69, 9.17) is 10.5 Å². The number of ether oxygens (including phenoxy) is 2. The molecule has 1 aliphatic rings. The summed E-state index contributed by atoms with van der Waals surface area (Å²) < 4.78 is 9.38. The van der Waals surface area contributed by atoms with Crippen molar-refractivity contribution in [2.75, 3.05) is 6.61 Å². The van der Waals surface area contributed by atoms with E-state index < -0.39 is 6.16 Å². The summed E-state index contributed by atoms with van der Waals surface area (Å²) in [6, 6.07) is 0. The first kappa shape index (κ1) is 9.83. The molecule has 0 aliphatic carbocycles. The molecule has 1 amide bonds. The highest BCUT2D eigenvalue weighted by molar-refractivity contribution is 5.73. The Kier molecular flexibility index (Phi) is 3.54. The lowest BCUT2D eigenvalue weighted by Gasteiger charge is -2.04. The van der Waals surface area contributed by atoms with Gasteiger partial charge in [-0.3, -0.25) is 4.79 Å². The Labute approximate surface area is 76.2 Å². The molecule has 1 aliphatic heterocycles. The molecule has 0 aromatic carbocycles. The number of carbonyl (C=O) groups excluding carboxylic acids is 2. The smallest absolute Gasteiger partial charge is 0.430 e. The van der Waals surface area contributed by atoms with E-state index in [2.05, 4.69) is 4.74 Å². The van der Waals surface area contributed by atoms with Crippen molar-refractivity contribution in [3.05, 3.63) is 0 Å². The SMILES string of the molecule is NC(=O)CCCCC1COC(=O)O1. The minimum atomic E-state index is -0.597. The van der Waals surface area contributed by atoms with Crippen LogP contribution in [0.25, 0.3) is 0 Å². The zero-order valence-corrected chi connectivity index (χ0v) is 7.32. The molecule has 1 unspecified atom stereocenters. The Balaban J connectivity index is 2.00. The maximum Gasteiger partial charge on any atom is 0.508 e. The predicted molar refractivity (Wildman–Crippen MR) is 43.9 cm³/mol. The molecule has 1 heterocycles. The van der Waals surface area contributed by atoms with E-state index in [0.29, 0.717) is 13.0 Å². The molecule has 5 nitrogen and oxygen atoms in total. The van der Waals surface area contributed by atoms with Crippen molar-refractivity contribution >= 4 is 12.1 Å². The van der Waals surface area contributed by atoms with Gasteiger partial charge in [-0.15, -0.1) is 0 Å². The molecular weight excluding hydrogens is 174 g/mol. The average Bonchev–Trinajstić information content (AvgIpc) is 2.45. The number of amides is 1. The van der Waals surface area contributed by atoms with E-state index in [9.17, 15) is 9.59 Å². The van der Waals surface area contributed by atoms with Gasteiger partial charge in [0.05, 0.1) is 0 Å². The Morgan fingerprint density at radius 3 is 2.85 bits per heavy atom. The quantitative estimate of drug-likeness (QED) is 0.504. The number of nitrogens with two attached hydrogens (primary N) is 1. The van der Waals surface area contributed by atoms with Crippen LogP contribution in [0.3, 0.4) is 0 Å². The van der Waals surface area contributed by atoms with Crippen molar-refractivity contribution < 1.29 is 19.1 Å². The fourth-order valence-corrected chi connectivity index (χ4v) is 1.18. The zero-order chi connectivity index (χ0) is 9.68. The minimum Gasteiger partial charge on any atom is -0.430 e. The molecule has 0 saturated carbocycles. The van der Waals surface area contributed by atoms with Crippen LogP contribution >= 0.6 is 0 Å². The van der Waals surface area contributed by atoms with E-state index >= 15 is 0 Å². The summed E-state index contributed by atoms with van der Waals surface area (Å²) in [6.07, 6.45) is 1.95. The Hall–Kier alpha value is -1.26. The summed E-state index contributed by atoms with van der Waals surface area (Å²) in [5, 5.41) is 0. The van der Waals surface area contributed by atoms with E-state index in [1.807, 2.05) is 0 Å². The average molecular weight is 187 g/mol. The summed E-state index contributed by atoms with van der Waals surface area (Å²) in [5.74, 6) is -0.292. The van der Waals surface area contributed by atoms with Crippen molar-refractivity contribution in [1.82, 2.24) is 0 Å². The first-order chi connectivity index (χ1) is 6.18. The second-order valence-electron chi connectivity index (χ2n) is 3.01. The van der Waals surface area contributed by atoms with Gasteiger partial charge in [-0.2, -0.15) is 0 Å². The predicted octanol–water partition coefficient (Wildman–Crippen LogP) is 0.567. The lowest BCUT2D eigenvalue weighted by atomic mass is 10.1. The van der Waals surface area contributed by atoms with E-state index in [-0.39, 0.29) is 12.0 Å². The number of primary amides is 1. The van der Waals surface area contributed by atoms with Crippen LogP contribution in [0.1, 0.15) is 25.7 Å². The second-order valence-corrected chi connectivity index (χ2v) is 3.01. The van der Waals surface area contributed by atoms with Gasteiger partial charge >= 0.3 is 6.16 Å². The number of cyclic esters (lactones) is 2. The van der Waals surface area contributed by atoms with Crippen LogP contribution in [-0.4, -0.2) is 24.8 Å². The molecule has 5 heteroatoms. The van der Waals surface area contributed by atoms with Crippen LogP contribution in [-0.2, 0) is 14.3 Å². The second kappa shape index (κ2) is 4.69. The number of carbonyl (C=O) groups is 2. The third-order valence-corrected chi connectivity index (χ3v) is 1.85. The molecule has 1 saturated heterocycles. The maximum absolute atomic E-state index is 10.5. The van der Waals surface area contributed by atoms with Gasteiger partial charge in [0, 0.05) is 6.42 Å². The van der Waals surface area contributed by atoms with Crippen LogP contribution in [0.4, 0.5) is 4.79 Å². The van der Waals surface area contributed by atoms with Crippen LogP contribution in [0, 0.1) is 0 Å². The first-order valence-corrected chi connectivity index (χ1v) is 4.30. The third kappa shape index (κ3) is 3.78. The van der Waals surface area contributed by atoms with E-state index in [1.54, 1.807) is 0 Å². The molecular formula is C8H13NO4. The number of hydrogen-bond donors (Lipinski definition) is 1. The molecule has 1 rings (SSSR count). The van der Waals surface area contributed by atoms with Crippen molar-refractivity contribution in [2.45, 2.75) is 31.8 Å². The molecule has 1 fully saturated rings. The molecule has 0 aromatic rings. The molecule has 0 radical (unpaired) electrons. The molecule has 2 N–H and O–H groups in total. The standard InChI is InChI=1S/C8H13NO4/c9-7(10)4-2-1-3-6-5-12-8(11)13-6/h6H,1-5H2,(H2,9,10). The van der Waals surface area contributed by atoms with Gasteiger partial charge in [0.25, 0.3) is 0 Å². The van der Waals surface area contributed by atoms with Gasteiger partial charge in [0.15, 0.2) is 0 Å². The lowest BCUT2D eigenvalue weighted by Crippen LogP contribution is -2.12. The number of hydrogen-bond acceptors (Lipinski definition) is 4. The largest absolute Gasteiger partial charge is 0.508 e. The Morgan fingerprint density at radius 2 is 2.31 bits per heavy atom. The normalized spacial score (nSPS) is 20.9. The highest BCUT2D eigenvalue weighted by Crippen LogP contribution is 2.13. The minimum absolute atomic E-state index is 0.139. The molecule has 0 spiro atoms. The van der Waals surface area contributed by atoms with Crippen LogP contribution in [0.2, 0.25) is 0 Å². The first-order valence-electron chi connectivity index (χ1n) is 4.30. The van der Waals surface area contributed by atoms with Gasteiger partial charge in [-0.05, 0) is 19.3 Å². The van der Waals surface area contributed by atoms with Crippen LogP contribution in [0.15, 0.2) is 0 Å². The third-order valence-electron chi connectivity index (χ3n) is 1.85. The van der Waals surface area contributed by atoms with E-state index in [0.717, 1.165) is 19.3 Å². The van der Waals surface area contributed by atoms with Crippen molar-refractivity contribution in [3.63, 3.8) is 0 Å². The fraction of sp³-hybridized carbons (Fsp3) is 0.750. The molecule has 0 bridgehead atoms. The van der Waals surface area contributed by atoms with Gasteiger partial charge in [-0.25, -0.2) is 4.79 Å². The van der Waals surface area contributed by atoms with E-state index in [1.165, 1.54) is 0 Å². The summed E-state index contributed by atoms with van der Waals surface area (Å²) >= 11 is 0. The monoisotopic (exact) mass is 187 g/mol. The molecule has 13 heavy (non-hydrogen) atoms. The zero-order valence-electron chi connectivity index (χ0n) is 7.32. The summed E-state index contributed by atoms with van der Waals surface area (Å²) in [6.45, 7) is 0.329. The lowest BCUT2D eigenvalue weighted by molar-refractivity contribution is -0.118. The number of rotatable bonds is 5. The van der Waals surface area contributed by atoms with Crippen molar-refractivity contribution in [2.24, 2.45) is 5.73 Å². The summed E-state index contributed by atoms with van der Waals surface area (Å²) in [4.78, 5) is 20.8.